The van der Waals surface area contributed by atoms with Gasteiger partial charge in [0.05, 0.1) is 6.20 Å². The summed E-state index contributed by atoms with van der Waals surface area (Å²) in [5, 5.41) is 7.03. The molecule has 0 saturated carbocycles. The summed E-state index contributed by atoms with van der Waals surface area (Å²) in [6.07, 6.45) is 8.31. The molecule has 0 radical (unpaired) electrons. The Morgan fingerprint density at radius 2 is 2.14 bits per heavy atom. The predicted octanol–water partition coefficient (Wildman–Crippen LogP) is 2.73. The fourth-order valence-electron chi connectivity index (χ4n) is 3.59. The zero-order valence-electron chi connectivity index (χ0n) is 16.2. The van der Waals surface area contributed by atoms with E-state index in [-0.39, 0.29) is 6.03 Å². The van der Waals surface area contributed by atoms with Gasteiger partial charge in [-0.05, 0) is 30.7 Å². The van der Waals surface area contributed by atoms with Gasteiger partial charge in [0, 0.05) is 38.4 Å². The molecule has 1 saturated heterocycles. The van der Waals surface area contributed by atoms with Crippen molar-refractivity contribution in [1.82, 2.24) is 30.3 Å². The molecule has 0 aliphatic carbocycles. The average molecular weight is 392 g/mol. The molecule has 0 spiro atoms. The highest BCUT2D eigenvalue weighted by atomic mass is 16.5. The Labute approximate surface area is 169 Å². The fraction of sp³-hybridized carbons (Fsp3) is 0.381. The maximum absolute atomic E-state index is 12.5. The second-order valence-corrected chi connectivity index (χ2v) is 7.23. The molecule has 1 aliphatic rings. The van der Waals surface area contributed by atoms with Crippen LogP contribution in [0.2, 0.25) is 0 Å². The normalized spacial score (nSPS) is 16.6. The number of aromatic nitrogens is 4. The van der Waals surface area contributed by atoms with Crippen molar-refractivity contribution in [1.29, 1.82) is 0 Å². The van der Waals surface area contributed by atoms with Crippen LogP contribution >= 0.6 is 0 Å². The third-order valence-electron chi connectivity index (χ3n) is 5.06. The molecule has 1 aliphatic heterocycles. The first-order valence-electron chi connectivity index (χ1n) is 9.93. The standard InChI is InChI=1S/C21H24N6O2/c28-21(24-9-8-16-5-2-1-3-6-16)27-12-4-7-17(15-27)13-19-25-20(26-29-19)18-14-22-10-11-23-18/h1-3,5-6,10-11,14,17H,4,7-9,12-13,15H2,(H,24,28)/t17-/m1/s1. The number of benzene rings is 1. The van der Waals surface area contributed by atoms with Gasteiger partial charge < -0.3 is 14.7 Å². The highest BCUT2D eigenvalue weighted by molar-refractivity contribution is 5.74. The summed E-state index contributed by atoms with van der Waals surface area (Å²) in [4.78, 5) is 27.0. The number of rotatable bonds is 6. The molecular weight excluding hydrogens is 368 g/mol. The Morgan fingerprint density at radius 1 is 1.24 bits per heavy atom. The maximum atomic E-state index is 12.5. The van der Waals surface area contributed by atoms with Gasteiger partial charge in [0.2, 0.25) is 11.7 Å². The number of likely N-dealkylation sites (tertiary alicyclic amines) is 1. The maximum Gasteiger partial charge on any atom is 0.317 e. The summed E-state index contributed by atoms with van der Waals surface area (Å²) in [5.74, 6) is 1.32. The molecule has 8 heteroatoms. The van der Waals surface area contributed by atoms with Crippen molar-refractivity contribution in [3.8, 4) is 11.5 Å². The van der Waals surface area contributed by atoms with Gasteiger partial charge >= 0.3 is 6.03 Å². The summed E-state index contributed by atoms with van der Waals surface area (Å²) in [7, 11) is 0. The smallest absolute Gasteiger partial charge is 0.317 e. The Bertz CT molecular complexity index is 915. The van der Waals surface area contributed by atoms with Crippen molar-refractivity contribution in [2.75, 3.05) is 19.6 Å². The van der Waals surface area contributed by atoms with Crippen LogP contribution in [-0.4, -0.2) is 50.7 Å². The van der Waals surface area contributed by atoms with Crippen LogP contribution in [0, 0.1) is 5.92 Å². The lowest BCUT2D eigenvalue weighted by molar-refractivity contribution is 0.162. The molecule has 4 rings (SSSR count). The van der Waals surface area contributed by atoms with Crippen molar-refractivity contribution in [2.24, 2.45) is 5.92 Å². The molecule has 0 bridgehead atoms. The monoisotopic (exact) mass is 392 g/mol. The highest BCUT2D eigenvalue weighted by Gasteiger charge is 2.25. The van der Waals surface area contributed by atoms with Crippen molar-refractivity contribution in [3.05, 3.63) is 60.4 Å². The molecule has 2 aromatic heterocycles. The van der Waals surface area contributed by atoms with E-state index >= 15 is 0 Å². The van der Waals surface area contributed by atoms with E-state index in [2.05, 4.69) is 37.6 Å². The third-order valence-corrected chi connectivity index (χ3v) is 5.06. The largest absolute Gasteiger partial charge is 0.339 e. The van der Waals surface area contributed by atoms with Gasteiger partial charge in [0.15, 0.2) is 0 Å². The summed E-state index contributed by atoms with van der Waals surface area (Å²) in [6.45, 7) is 2.11. The van der Waals surface area contributed by atoms with E-state index in [0.717, 1.165) is 25.8 Å². The van der Waals surface area contributed by atoms with E-state index in [1.165, 1.54) is 5.56 Å². The Morgan fingerprint density at radius 3 is 2.97 bits per heavy atom. The molecule has 0 unspecified atom stereocenters. The van der Waals surface area contributed by atoms with Crippen LogP contribution in [-0.2, 0) is 12.8 Å². The molecular formula is C21H24N6O2. The number of nitrogens with one attached hydrogen (secondary N) is 1. The quantitative estimate of drug-likeness (QED) is 0.693. The number of piperidine rings is 1. The summed E-state index contributed by atoms with van der Waals surface area (Å²) >= 11 is 0. The van der Waals surface area contributed by atoms with Gasteiger partial charge in [0.1, 0.15) is 5.69 Å². The topological polar surface area (TPSA) is 97.0 Å². The lowest BCUT2D eigenvalue weighted by Crippen LogP contribution is -2.46. The van der Waals surface area contributed by atoms with E-state index < -0.39 is 0 Å². The molecule has 3 aromatic rings. The van der Waals surface area contributed by atoms with Gasteiger partial charge in [-0.25, -0.2) is 9.78 Å². The third kappa shape index (κ3) is 5.16. The first kappa shape index (κ1) is 19.0. The number of carbonyl (C=O) groups excluding carboxylic acids is 1. The second kappa shape index (κ2) is 9.27. The molecule has 1 aromatic carbocycles. The van der Waals surface area contributed by atoms with E-state index in [1.54, 1.807) is 18.6 Å². The summed E-state index contributed by atoms with van der Waals surface area (Å²) in [6, 6.07) is 10.2. The minimum atomic E-state index is -0.00332. The Kier molecular flexibility index (Phi) is 6.09. The van der Waals surface area contributed by atoms with Gasteiger partial charge in [-0.2, -0.15) is 4.98 Å². The lowest BCUT2D eigenvalue weighted by atomic mass is 9.95. The van der Waals surface area contributed by atoms with Crippen LogP contribution in [0.15, 0.2) is 53.4 Å². The molecule has 150 valence electrons. The van der Waals surface area contributed by atoms with Crippen LogP contribution in [0.4, 0.5) is 4.79 Å². The molecule has 29 heavy (non-hydrogen) atoms. The van der Waals surface area contributed by atoms with Gasteiger partial charge in [-0.3, -0.25) is 4.98 Å². The molecule has 1 fully saturated rings. The Hall–Kier alpha value is -3.29. The molecule has 1 atom stereocenters. The summed E-state index contributed by atoms with van der Waals surface area (Å²) < 4.78 is 5.38. The minimum absolute atomic E-state index is 0.00332. The predicted molar refractivity (Wildman–Crippen MR) is 107 cm³/mol. The molecule has 3 heterocycles. The number of nitrogens with zero attached hydrogens (tertiary/aromatic N) is 5. The first-order valence-corrected chi connectivity index (χ1v) is 9.93. The number of urea groups is 1. The van der Waals surface area contributed by atoms with Crippen molar-refractivity contribution >= 4 is 6.03 Å². The van der Waals surface area contributed by atoms with Crippen LogP contribution < -0.4 is 5.32 Å². The van der Waals surface area contributed by atoms with Crippen LogP contribution in [0.1, 0.15) is 24.3 Å². The van der Waals surface area contributed by atoms with Crippen molar-refractivity contribution in [2.45, 2.75) is 25.7 Å². The average Bonchev–Trinajstić information content (AvgIpc) is 3.24. The van der Waals surface area contributed by atoms with Crippen molar-refractivity contribution < 1.29 is 9.32 Å². The number of amides is 2. The summed E-state index contributed by atoms with van der Waals surface area (Å²) in [5.41, 5.74) is 1.81. The number of carbonyl (C=O) groups is 1. The van der Waals surface area contributed by atoms with E-state index in [0.29, 0.717) is 42.8 Å². The van der Waals surface area contributed by atoms with Crippen molar-refractivity contribution in [3.63, 3.8) is 0 Å². The van der Waals surface area contributed by atoms with E-state index in [1.807, 2.05) is 23.1 Å². The van der Waals surface area contributed by atoms with E-state index in [9.17, 15) is 4.79 Å². The first-order chi connectivity index (χ1) is 14.3. The highest BCUT2D eigenvalue weighted by Crippen LogP contribution is 2.21. The number of hydrogen-bond acceptors (Lipinski definition) is 6. The van der Waals surface area contributed by atoms with Gasteiger partial charge in [0.25, 0.3) is 0 Å². The molecule has 8 nitrogen and oxygen atoms in total. The number of hydrogen-bond donors (Lipinski definition) is 1. The van der Waals surface area contributed by atoms with Gasteiger partial charge in [-0.1, -0.05) is 35.5 Å². The lowest BCUT2D eigenvalue weighted by Gasteiger charge is -2.32. The minimum Gasteiger partial charge on any atom is -0.339 e. The zero-order valence-corrected chi connectivity index (χ0v) is 16.2. The Balaban J connectivity index is 1.27. The van der Waals surface area contributed by atoms with Gasteiger partial charge in [-0.15, -0.1) is 0 Å². The van der Waals surface area contributed by atoms with Crippen LogP contribution in [0.5, 0.6) is 0 Å². The molecule has 2 amide bonds. The molecule has 1 N–H and O–H groups in total. The second-order valence-electron chi connectivity index (χ2n) is 7.23. The van der Waals surface area contributed by atoms with Crippen LogP contribution in [0.3, 0.4) is 0 Å². The SMILES string of the molecule is O=C(NCCc1ccccc1)N1CCC[C@H](Cc2nc(-c3cnccn3)no2)C1. The zero-order chi connectivity index (χ0) is 19.9. The van der Waals surface area contributed by atoms with E-state index in [4.69, 9.17) is 4.52 Å². The fourth-order valence-corrected chi connectivity index (χ4v) is 3.59. The van der Waals surface area contributed by atoms with Crippen LogP contribution in [0.25, 0.3) is 11.5 Å².